The molecule has 0 aliphatic carbocycles. The Balaban J connectivity index is 2.14. The van der Waals surface area contributed by atoms with Gasteiger partial charge in [0.1, 0.15) is 5.82 Å². The van der Waals surface area contributed by atoms with Crippen LogP contribution in [-0.2, 0) is 13.5 Å². The van der Waals surface area contributed by atoms with E-state index in [1.54, 1.807) is 29.3 Å². The van der Waals surface area contributed by atoms with Gasteiger partial charge in [-0.15, -0.1) is 11.3 Å². The number of aliphatic hydroxyl groups excluding tert-OH is 1. The summed E-state index contributed by atoms with van der Waals surface area (Å²) >= 11 is 1.58. The van der Waals surface area contributed by atoms with Gasteiger partial charge < -0.3 is 10.8 Å². The van der Waals surface area contributed by atoms with Gasteiger partial charge in [-0.3, -0.25) is 4.68 Å². The molecule has 0 spiro atoms. The lowest BCUT2D eigenvalue weighted by Crippen LogP contribution is -2.06. The van der Waals surface area contributed by atoms with Crippen molar-refractivity contribution in [2.45, 2.75) is 19.4 Å². The second-order valence-electron chi connectivity index (χ2n) is 3.69. The van der Waals surface area contributed by atoms with Crippen molar-refractivity contribution in [2.24, 2.45) is 7.05 Å². The number of aliphatic hydroxyl groups is 1. The zero-order chi connectivity index (χ0) is 11.7. The van der Waals surface area contributed by atoms with E-state index in [2.05, 4.69) is 10.1 Å². The summed E-state index contributed by atoms with van der Waals surface area (Å²) in [6.45, 7) is 1.94. The van der Waals surface area contributed by atoms with Gasteiger partial charge in [0.05, 0.1) is 23.0 Å². The van der Waals surface area contributed by atoms with Crippen LogP contribution in [0.2, 0.25) is 0 Å². The number of nitrogens with two attached hydrogens (primary N) is 1. The van der Waals surface area contributed by atoms with Crippen LogP contribution < -0.4 is 5.73 Å². The Kier molecular flexibility index (Phi) is 2.93. The summed E-state index contributed by atoms with van der Waals surface area (Å²) in [6, 6.07) is 0. The fraction of sp³-hybridized carbons (Fsp3) is 0.400. The number of anilines is 1. The van der Waals surface area contributed by atoms with E-state index in [4.69, 9.17) is 5.73 Å². The molecule has 86 valence electrons. The normalized spacial score (nSPS) is 12.9. The maximum atomic E-state index is 10.0. The van der Waals surface area contributed by atoms with Crippen molar-refractivity contribution in [1.82, 2.24) is 14.8 Å². The molecular formula is C10H14N4OS. The zero-order valence-electron chi connectivity index (χ0n) is 9.21. The molecule has 2 aromatic rings. The third-order valence-electron chi connectivity index (χ3n) is 2.44. The Labute approximate surface area is 97.5 Å². The smallest absolute Gasteiger partial charge is 0.127 e. The molecule has 3 N–H and O–H groups in total. The van der Waals surface area contributed by atoms with Crippen molar-refractivity contribution in [3.8, 4) is 0 Å². The van der Waals surface area contributed by atoms with E-state index in [9.17, 15) is 5.11 Å². The summed E-state index contributed by atoms with van der Waals surface area (Å²) in [5.41, 5.74) is 7.33. The number of aromatic nitrogens is 3. The minimum atomic E-state index is -0.643. The molecule has 2 heterocycles. The maximum Gasteiger partial charge on any atom is 0.127 e. The highest BCUT2D eigenvalue weighted by molar-refractivity contribution is 7.09. The Morgan fingerprint density at radius 3 is 2.88 bits per heavy atom. The number of hydrogen-bond donors (Lipinski definition) is 2. The zero-order valence-corrected chi connectivity index (χ0v) is 10.0. The summed E-state index contributed by atoms with van der Waals surface area (Å²) < 4.78 is 1.55. The molecule has 2 rings (SSSR count). The molecule has 1 unspecified atom stereocenters. The van der Waals surface area contributed by atoms with Gasteiger partial charge in [-0.2, -0.15) is 5.10 Å². The number of thiazole rings is 1. The Hall–Kier alpha value is -1.40. The fourth-order valence-electron chi connectivity index (χ4n) is 1.53. The van der Waals surface area contributed by atoms with Crippen molar-refractivity contribution in [2.75, 3.05) is 5.73 Å². The van der Waals surface area contributed by atoms with Crippen molar-refractivity contribution in [3.05, 3.63) is 27.8 Å². The molecule has 0 aliphatic rings. The number of hydrogen-bond acceptors (Lipinski definition) is 5. The van der Waals surface area contributed by atoms with E-state index in [0.717, 1.165) is 10.7 Å². The molecule has 0 radical (unpaired) electrons. The van der Waals surface area contributed by atoms with E-state index in [-0.39, 0.29) is 0 Å². The van der Waals surface area contributed by atoms with Crippen LogP contribution in [-0.4, -0.2) is 19.9 Å². The molecule has 2 aromatic heterocycles. The highest BCUT2D eigenvalue weighted by Crippen LogP contribution is 2.23. The number of rotatable bonds is 3. The largest absolute Gasteiger partial charge is 0.388 e. The monoisotopic (exact) mass is 238 g/mol. The van der Waals surface area contributed by atoms with Crippen LogP contribution in [0.25, 0.3) is 0 Å². The van der Waals surface area contributed by atoms with Crippen molar-refractivity contribution in [3.63, 3.8) is 0 Å². The lowest BCUT2D eigenvalue weighted by molar-refractivity contribution is 0.178. The van der Waals surface area contributed by atoms with Crippen LogP contribution >= 0.6 is 11.3 Å². The van der Waals surface area contributed by atoms with Crippen molar-refractivity contribution >= 4 is 17.2 Å². The highest BCUT2D eigenvalue weighted by atomic mass is 32.1. The van der Waals surface area contributed by atoms with Crippen LogP contribution in [0.3, 0.4) is 0 Å². The van der Waals surface area contributed by atoms with Crippen LogP contribution in [0.4, 0.5) is 5.82 Å². The van der Waals surface area contributed by atoms with Crippen LogP contribution in [0.1, 0.15) is 22.4 Å². The number of nitrogen functional groups attached to an aromatic ring is 1. The molecule has 0 bridgehead atoms. The maximum absolute atomic E-state index is 10.0. The summed E-state index contributed by atoms with van der Waals surface area (Å²) in [7, 11) is 1.75. The van der Waals surface area contributed by atoms with Crippen LogP contribution in [0.5, 0.6) is 0 Å². The van der Waals surface area contributed by atoms with Gasteiger partial charge >= 0.3 is 0 Å². The van der Waals surface area contributed by atoms with Crippen LogP contribution in [0.15, 0.2) is 11.6 Å². The van der Waals surface area contributed by atoms with Gasteiger partial charge in [-0.1, -0.05) is 0 Å². The third kappa shape index (κ3) is 2.07. The second-order valence-corrected chi connectivity index (χ2v) is 4.75. The Morgan fingerprint density at radius 2 is 2.38 bits per heavy atom. The topological polar surface area (TPSA) is 77.0 Å². The molecule has 0 saturated carbocycles. The van der Waals surface area contributed by atoms with E-state index in [1.807, 2.05) is 12.3 Å². The van der Waals surface area contributed by atoms with E-state index >= 15 is 0 Å². The first kappa shape index (κ1) is 11.1. The van der Waals surface area contributed by atoms with Crippen LogP contribution in [0, 0.1) is 6.92 Å². The highest BCUT2D eigenvalue weighted by Gasteiger charge is 2.16. The lowest BCUT2D eigenvalue weighted by Gasteiger charge is -2.07. The summed E-state index contributed by atoms with van der Waals surface area (Å²) in [4.78, 5) is 4.30. The van der Waals surface area contributed by atoms with Gasteiger partial charge in [-0.05, 0) is 6.92 Å². The minimum absolute atomic E-state index is 0.472. The standard InChI is InChI=1S/C10H14N4OS/c1-6-13-7(5-16-6)3-9(15)8-4-12-14(2)10(8)11/h4-5,9,15H,3,11H2,1-2H3. The van der Waals surface area contributed by atoms with Gasteiger partial charge in [0, 0.05) is 24.4 Å². The minimum Gasteiger partial charge on any atom is -0.388 e. The third-order valence-corrected chi connectivity index (χ3v) is 3.26. The van der Waals surface area contributed by atoms with Gasteiger partial charge in [-0.25, -0.2) is 4.98 Å². The summed E-state index contributed by atoms with van der Waals surface area (Å²) in [6.07, 6.45) is 1.43. The van der Waals surface area contributed by atoms with E-state index < -0.39 is 6.10 Å². The first-order valence-electron chi connectivity index (χ1n) is 4.94. The molecule has 5 nitrogen and oxygen atoms in total. The molecule has 0 saturated heterocycles. The van der Waals surface area contributed by atoms with Gasteiger partial charge in [0.15, 0.2) is 0 Å². The molecule has 0 amide bonds. The first-order chi connectivity index (χ1) is 7.58. The molecule has 0 aliphatic heterocycles. The quantitative estimate of drug-likeness (QED) is 0.837. The van der Waals surface area contributed by atoms with E-state index in [0.29, 0.717) is 17.8 Å². The van der Waals surface area contributed by atoms with Crippen molar-refractivity contribution < 1.29 is 5.11 Å². The summed E-state index contributed by atoms with van der Waals surface area (Å²) in [5.74, 6) is 0.499. The predicted octanol–water partition coefficient (Wildman–Crippen LogP) is 1.04. The average molecular weight is 238 g/mol. The first-order valence-corrected chi connectivity index (χ1v) is 5.82. The molecule has 1 atom stereocenters. The Bertz CT molecular complexity index is 491. The number of aryl methyl sites for hydroxylation is 2. The van der Waals surface area contributed by atoms with Gasteiger partial charge in [0.25, 0.3) is 0 Å². The predicted molar refractivity (Wildman–Crippen MR) is 63.1 cm³/mol. The van der Waals surface area contributed by atoms with E-state index in [1.165, 1.54) is 0 Å². The molecular weight excluding hydrogens is 224 g/mol. The average Bonchev–Trinajstić information content (AvgIpc) is 2.76. The molecule has 0 fully saturated rings. The summed E-state index contributed by atoms with van der Waals surface area (Å²) in [5, 5.41) is 17.0. The number of nitrogens with zero attached hydrogens (tertiary/aromatic N) is 3. The fourth-order valence-corrected chi connectivity index (χ4v) is 2.16. The second kappa shape index (κ2) is 4.23. The molecule has 0 aromatic carbocycles. The van der Waals surface area contributed by atoms with Gasteiger partial charge in [0.2, 0.25) is 0 Å². The molecule has 6 heteroatoms. The Morgan fingerprint density at radius 1 is 1.62 bits per heavy atom. The molecule has 16 heavy (non-hydrogen) atoms. The SMILES string of the molecule is Cc1nc(CC(O)c2cnn(C)c2N)cs1. The van der Waals surface area contributed by atoms with Crippen molar-refractivity contribution in [1.29, 1.82) is 0 Å². The lowest BCUT2D eigenvalue weighted by atomic mass is 10.1.